The summed E-state index contributed by atoms with van der Waals surface area (Å²) in [5, 5.41) is 4.78. The van der Waals surface area contributed by atoms with E-state index >= 15 is 0 Å². The first kappa shape index (κ1) is 15.8. The molecule has 1 heterocycles. The Morgan fingerprint density at radius 2 is 1.68 bits per heavy atom. The van der Waals surface area contributed by atoms with Crippen molar-refractivity contribution in [3.8, 4) is 0 Å². The molecular weight excluding hydrogens is 386 g/mol. The molecule has 0 bridgehead atoms. The first-order valence-electron chi connectivity index (χ1n) is 5.96. The SMILES string of the molecule is O=C(Nc1nc2c(Cl)ccc(Cl)c2s1)c1cc(Cl)ccc1Cl. The van der Waals surface area contributed by atoms with Crippen LogP contribution in [-0.2, 0) is 0 Å². The van der Waals surface area contributed by atoms with Crippen molar-refractivity contribution < 1.29 is 4.79 Å². The van der Waals surface area contributed by atoms with Gasteiger partial charge < -0.3 is 0 Å². The van der Waals surface area contributed by atoms with Crippen molar-refractivity contribution in [1.82, 2.24) is 4.98 Å². The zero-order chi connectivity index (χ0) is 15.9. The predicted octanol–water partition coefficient (Wildman–Crippen LogP) is 6.16. The molecule has 3 nitrogen and oxygen atoms in total. The lowest BCUT2D eigenvalue weighted by Crippen LogP contribution is -2.12. The maximum Gasteiger partial charge on any atom is 0.259 e. The number of thiazole rings is 1. The highest BCUT2D eigenvalue weighted by Gasteiger charge is 2.15. The molecule has 0 fully saturated rings. The van der Waals surface area contributed by atoms with E-state index < -0.39 is 5.91 Å². The number of aromatic nitrogens is 1. The summed E-state index contributed by atoms with van der Waals surface area (Å²) in [6.45, 7) is 0. The third-order valence-corrected chi connectivity index (χ3v) is 5.14. The molecule has 0 aliphatic carbocycles. The van der Waals surface area contributed by atoms with Crippen LogP contribution in [0.15, 0.2) is 30.3 Å². The van der Waals surface area contributed by atoms with Gasteiger partial charge in [0, 0.05) is 5.02 Å². The number of rotatable bonds is 2. The number of anilines is 1. The lowest BCUT2D eigenvalue weighted by atomic mass is 10.2. The number of nitrogens with zero attached hydrogens (tertiary/aromatic N) is 1. The highest BCUT2D eigenvalue weighted by molar-refractivity contribution is 7.23. The molecule has 2 aromatic carbocycles. The van der Waals surface area contributed by atoms with Crippen molar-refractivity contribution in [2.75, 3.05) is 5.32 Å². The number of hydrogen-bond acceptors (Lipinski definition) is 3. The smallest absolute Gasteiger partial charge is 0.259 e. The highest BCUT2D eigenvalue weighted by Crippen LogP contribution is 2.36. The van der Waals surface area contributed by atoms with Crippen molar-refractivity contribution in [1.29, 1.82) is 0 Å². The molecule has 0 unspecified atom stereocenters. The Kier molecular flexibility index (Phi) is 4.48. The number of fused-ring (bicyclic) bond motifs is 1. The fourth-order valence-electron chi connectivity index (χ4n) is 1.83. The van der Waals surface area contributed by atoms with E-state index in [1.54, 1.807) is 24.3 Å². The summed E-state index contributed by atoms with van der Waals surface area (Å²) < 4.78 is 0.710. The van der Waals surface area contributed by atoms with Crippen molar-refractivity contribution in [3.05, 3.63) is 56.0 Å². The summed E-state index contributed by atoms with van der Waals surface area (Å²) in [5.41, 5.74) is 0.817. The fourth-order valence-corrected chi connectivity index (χ4v) is 3.63. The van der Waals surface area contributed by atoms with Gasteiger partial charge in [-0.05, 0) is 30.3 Å². The molecule has 0 aliphatic heterocycles. The summed E-state index contributed by atoms with van der Waals surface area (Å²) in [7, 11) is 0. The molecule has 3 aromatic rings. The van der Waals surface area contributed by atoms with Crippen LogP contribution in [0, 0.1) is 0 Å². The second-order valence-electron chi connectivity index (χ2n) is 4.30. The van der Waals surface area contributed by atoms with E-state index in [9.17, 15) is 4.79 Å². The fraction of sp³-hybridized carbons (Fsp3) is 0. The van der Waals surface area contributed by atoms with Gasteiger partial charge >= 0.3 is 0 Å². The third kappa shape index (κ3) is 3.03. The van der Waals surface area contributed by atoms with Crippen molar-refractivity contribution >= 4 is 79.0 Å². The molecule has 0 radical (unpaired) electrons. The van der Waals surface area contributed by atoms with Gasteiger partial charge in [-0.25, -0.2) is 4.98 Å². The van der Waals surface area contributed by atoms with Gasteiger partial charge in [0.05, 0.1) is 25.3 Å². The Labute approximate surface area is 149 Å². The Bertz CT molecular complexity index is 855. The molecule has 1 N–H and O–H groups in total. The molecule has 112 valence electrons. The number of halogens is 4. The Morgan fingerprint density at radius 1 is 1.00 bits per heavy atom. The van der Waals surface area contributed by atoms with E-state index in [0.29, 0.717) is 35.4 Å². The first-order chi connectivity index (χ1) is 10.5. The minimum atomic E-state index is -0.404. The summed E-state index contributed by atoms with van der Waals surface area (Å²) in [6.07, 6.45) is 0. The second kappa shape index (κ2) is 6.22. The number of nitrogens with one attached hydrogen (secondary N) is 1. The quantitative estimate of drug-likeness (QED) is 0.568. The second-order valence-corrected chi connectivity index (χ2v) is 6.96. The molecule has 3 rings (SSSR count). The van der Waals surface area contributed by atoms with Crippen LogP contribution in [0.3, 0.4) is 0 Å². The number of amides is 1. The van der Waals surface area contributed by atoms with Crippen LogP contribution in [0.4, 0.5) is 5.13 Å². The van der Waals surface area contributed by atoms with Crippen LogP contribution in [0.5, 0.6) is 0 Å². The number of hydrogen-bond donors (Lipinski definition) is 1. The Hall–Kier alpha value is -1.04. The van der Waals surface area contributed by atoms with Crippen LogP contribution < -0.4 is 5.32 Å². The predicted molar refractivity (Wildman–Crippen MR) is 94.1 cm³/mol. The number of carbonyl (C=O) groups excluding carboxylic acids is 1. The van der Waals surface area contributed by atoms with Crippen LogP contribution in [-0.4, -0.2) is 10.9 Å². The van der Waals surface area contributed by atoms with E-state index in [-0.39, 0.29) is 5.56 Å². The highest BCUT2D eigenvalue weighted by atomic mass is 35.5. The van der Waals surface area contributed by atoms with E-state index in [0.717, 1.165) is 0 Å². The van der Waals surface area contributed by atoms with Crippen LogP contribution in [0.1, 0.15) is 10.4 Å². The van der Waals surface area contributed by atoms with E-state index in [1.807, 2.05) is 0 Å². The molecule has 8 heteroatoms. The topological polar surface area (TPSA) is 42.0 Å². The lowest BCUT2D eigenvalue weighted by Gasteiger charge is -2.04. The number of benzene rings is 2. The Morgan fingerprint density at radius 3 is 2.41 bits per heavy atom. The van der Waals surface area contributed by atoms with Crippen molar-refractivity contribution in [2.24, 2.45) is 0 Å². The zero-order valence-corrected chi connectivity index (χ0v) is 14.5. The molecule has 0 atom stereocenters. The average Bonchev–Trinajstić information content (AvgIpc) is 2.90. The molecule has 0 aliphatic rings. The normalized spacial score (nSPS) is 10.9. The Balaban J connectivity index is 1.96. The van der Waals surface area contributed by atoms with Crippen molar-refractivity contribution in [3.63, 3.8) is 0 Å². The van der Waals surface area contributed by atoms with E-state index in [4.69, 9.17) is 46.4 Å². The molecule has 1 amide bonds. The van der Waals surface area contributed by atoms with Gasteiger partial charge in [0.25, 0.3) is 5.91 Å². The average molecular weight is 392 g/mol. The third-order valence-electron chi connectivity index (χ3n) is 2.84. The van der Waals surface area contributed by atoms with Gasteiger partial charge in [-0.3, -0.25) is 10.1 Å². The van der Waals surface area contributed by atoms with Gasteiger partial charge in [-0.15, -0.1) is 0 Å². The van der Waals surface area contributed by atoms with Gasteiger partial charge in [0.15, 0.2) is 5.13 Å². The maximum absolute atomic E-state index is 12.3. The summed E-state index contributed by atoms with van der Waals surface area (Å²) in [4.78, 5) is 16.6. The zero-order valence-electron chi connectivity index (χ0n) is 10.7. The standard InChI is InChI=1S/C14H6Cl4N2OS/c15-6-1-2-8(16)7(5-6)13(21)20-14-19-11-9(17)3-4-10(18)12(11)22-14/h1-5H,(H,19,20,21). The molecule has 22 heavy (non-hydrogen) atoms. The maximum atomic E-state index is 12.3. The summed E-state index contributed by atoms with van der Waals surface area (Å²) in [6, 6.07) is 8.00. The molecule has 0 saturated carbocycles. The van der Waals surface area contributed by atoms with Crippen LogP contribution in [0.2, 0.25) is 20.1 Å². The largest absolute Gasteiger partial charge is 0.298 e. The van der Waals surface area contributed by atoms with E-state index in [1.165, 1.54) is 17.4 Å². The van der Waals surface area contributed by atoms with Gasteiger partial charge in [-0.2, -0.15) is 0 Å². The van der Waals surface area contributed by atoms with Gasteiger partial charge in [0.1, 0.15) is 5.52 Å². The minimum absolute atomic E-state index is 0.269. The van der Waals surface area contributed by atoms with Gasteiger partial charge in [0.2, 0.25) is 0 Å². The van der Waals surface area contributed by atoms with Crippen molar-refractivity contribution in [2.45, 2.75) is 0 Å². The molecule has 0 spiro atoms. The van der Waals surface area contributed by atoms with Crippen LogP contribution >= 0.6 is 57.7 Å². The summed E-state index contributed by atoms with van der Waals surface area (Å²) >= 11 is 25.3. The van der Waals surface area contributed by atoms with Crippen LogP contribution in [0.25, 0.3) is 10.2 Å². The minimum Gasteiger partial charge on any atom is -0.298 e. The lowest BCUT2D eigenvalue weighted by molar-refractivity contribution is 0.102. The summed E-state index contributed by atoms with van der Waals surface area (Å²) in [5.74, 6) is -0.404. The monoisotopic (exact) mass is 390 g/mol. The first-order valence-corrected chi connectivity index (χ1v) is 8.29. The number of carbonyl (C=O) groups is 1. The molecule has 0 saturated heterocycles. The molecular formula is C14H6Cl4N2OS. The van der Waals surface area contributed by atoms with E-state index in [2.05, 4.69) is 10.3 Å². The molecule has 1 aromatic heterocycles. The van der Waals surface area contributed by atoms with Gasteiger partial charge in [-0.1, -0.05) is 57.7 Å².